The van der Waals surface area contributed by atoms with Crippen molar-refractivity contribution in [3.8, 4) is 0 Å². The van der Waals surface area contributed by atoms with E-state index >= 15 is 0 Å². The topological polar surface area (TPSA) is 191 Å². The molecule has 2 aliphatic heterocycles. The average Bonchev–Trinajstić information content (AvgIpc) is 3.84. The molecule has 0 saturated carbocycles. The van der Waals surface area contributed by atoms with Crippen molar-refractivity contribution in [1.82, 2.24) is 30.7 Å². The van der Waals surface area contributed by atoms with Crippen LogP contribution in [-0.4, -0.2) is 124 Å². The Morgan fingerprint density at radius 2 is 1.56 bits per heavy atom. The third kappa shape index (κ3) is 11.2. The second kappa shape index (κ2) is 19.8. The molecule has 0 spiro atoms. The smallest absolute Gasteiger partial charge is 0.410 e. The molecule has 0 radical (unpaired) electrons. The van der Waals surface area contributed by atoms with E-state index in [0.717, 1.165) is 5.69 Å². The first-order valence-electron chi connectivity index (χ1n) is 17.2. The molecule has 282 valence electrons. The summed E-state index contributed by atoms with van der Waals surface area (Å²) < 4.78 is 5.35. The minimum Gasteiger partial charge on any atom is -0.480 e. The second-order valence-electron chi connectivity index (χ2n) is 12.6. The largest absolute Gasteiger partial charge is 0.480 e. The van der Waals surface area contributed by atoms with E-state index in [9.17, 15) is 33.9 Å². The van der Waals surface area contributed by atoms with Gasteiger partial charge in [0.25, 0.3) is 0 Å². The zero-order valence-electron chi connectivity index (χ0n) is 29.0. The monoisotopic (exact) mass is 761 g/mol. The number of halogens is 2. The molecule has 1 aromatic carbocycles. The van der Waals surface area contributed by atoms with Crippen LogP contribution in [0.5, 0.6) is 0 Å². The molecule has 4 N–H and O–H groups in total. The van der Waals surface area contributed by atoms with E-state index in [1.54, 1.807) is 36.7 Å². The lowest BCUT2D eigenvalue weighted by molar-refractivity contribution is -0.144. The Morgan fingerprint density at radius 3 is 2.17 bits per heavy atom. The molecule has 4 atom stereocenters. The molecule has 4 rings (SSSR count). The van der Waals surface area contributed by atoms with Gasteiger partial charge in [-0.2, -0.15) is 0 Å². The fourth-order valence-corrected chi connectivity index (χ4v) is 6.63. The quantitative estimate of drug-likeness (QED) is 0.173. The van der Waals surface area contributed by atoms with E-state index in [2.05, 4.69) is 20.9 Å². The molecule has 3 heterocycles. The highest BCUT2D eigenvalue weighted by molar-refractivity contribution is 6.18. The number of likely N-dealkylation sites (tertiary alicyclic amines) is 2. The molecule has 0 bridgehead atoms. The lowest BCUT2D eigenvalue weighted by Gasteiger charge is -2.26. The normalized spacial score (nSPS) is 17.9. The van der Waals surface area contributed by atoms with Crippen molar-refractivity contribution in [2.45, 2.75) is 69.8 Å². The summed E-state index contributed by atoms with van der Waals surface area (Å²) in [4.78, 5) is 85.7. The second-order valence-corrected chi connectivity index (χ2v) is 13.4. The van der Waals surface area contributed by atoms with Gasteiger partial charge in [0.15, 0.2) is 0 Å². The molecule has 52 heavy (non-hydrogen) atoms. The van der Waals surface area contributed by atoms with E-state index in [1.807, 2.05) is 17.0 Å². The summed E-state index contributed by atoms with van der Waals surface area (Å²) in [7, 11) is 0. The number of nitrogens with one attached hydrogen (secondary N) is 3. The molecule has 0 aliphatic carbocycles. The maximum atomic E-state index is 13.3. The van der Waals surface area contributed by atoms with Gasteiger partial charge in [0.1, 0.15) is 30.8 Å². The Kier molecular flexibility index (Phi) is 15.3. The van der Waals surface area contributed by atoms with Crippen LogP contribution in [0.3, 0.4) is 0 Å². The Morgan fingerprint density at radius 1 is 0.923 bits per heavy atom. The number of carboxylic acid groups (broad SMARTS) is 1. The molecule has 1 aromatic heterocycles. The maximum absolute atomic E-state index is 13.3. The van der Waals surface area contributed by atoms with Gasteiger partial charge in [0.05, 0.1) is 6.54 Å². The van der Waals surface area contributed by atoms with Crippen LogP contribution in [0.4, 0.5) is 10.5 Å². The summed E-state index contributed by atoms with van der Waals surface area (Å²) >= 11 is 11.8. The van der Waals surface area contributed by atoms with E-state index < -0.39 is 66.4 Å². The highest BCUT2D eigenvalue weighted by Crippen LogP contribution is 2.21. The Labute approximate surface area is 312 Å². The van der Waals surface area contributed by atoms with E-state index in [-0.39, 0.29) is 19.6 Å². The fourth-order valence-electron chi connectivity index (χ4n) is 6.22. The van der Waals surface area contributed by atoms with Crippen LogP contribution in [0.2, 0.25) is 0 Å². The molecule has 15 nitrogen and oxygen atoms in total. The van der Waals surface area contributed by atoms with E-state index in [4.69, 9.17) is 27.9 Å². The van der Waals surface area contributed by atoms with E-state index in [1.165, 1.54) is 16.7 Å². The first-order valence-corrected chi connectivity index (χ1v) is 18.3. The Bertz CT molecular complexity index is 1550. The molecule has 17 heteroatoms. The van der Waals surface area contributed by atoms with Crippen molar-refractivity contribution in [2.75, 3.05) is 49.4 Å². The number of hydrogen-bond acceptors (Lipinski definition) is 9. The number of amides is 5. The number of rotatable bonds is 17. The molecule has 2 fully saturated rings. The number of nitrogens with zero attached hydrogens (tertiary/aromatic N) is 4. The number of aromatic nitrogens is 1. The maximum Gasteiger partial charge on any atom is 0.410 e. The molecular formula is C35H45Cl2N7O8. The van der Waals surface area contributed by atoms with Gasteiger partial charge in [-0.1, -0.05) is 18.2 Å². The predicted molar refractivity (Wildman–Crippen MR) is 193 cm³/mol. The lowest BCUT2D eigenvalue weighted by atomic mass is 10.0. The summed E-state index contributed by atoms with van der Waals surface area (Å²) in [6.07, 6.45) is 4.40. The third-order valence-corrected chi connectivity index (χ3v) is 9.32. The summed E-state index contributed by atoms with van der Waals surface area (Å²) in [5.41, 5.74) is 2.28. The van der Waals surface area contributed by atoms with Gasteiger partial charge in [-0.15, -0.1) is 23.2 Å². The van der Waals surface area contributed by atoms with Gasteiger partial charge >= 0.3 is 12.1 Å². The van der Waals surface area contributed by atoms with Crippen molar-refractivity contribution >= 4 is 64.6 Å². The SMILES string of the molecule is CC(NC(=O)C1CCCN1C(=O)OCc1cccnc1)C(=O)NCC(=O)N1CCC[C@H]1C(=O)NC(Cc1ccc(N(CCCl)CCCl)cc1)C(=O)O. The fraction of sp³-hybridized carbons (Fsp3) is 0.514. The number of carbonyl (C=O) groups is 6. The van der Waals surface area contributed by atoms with Crippen LogP contribution in [0, 0.1) is 0 Å². The lowest BCUT2D eigenvalue weighted by Crippen LogP contribution is -2.54. The number of hydrogen-bond donors (Lipinski definition) is 4. The van der Waals surface area contributed by atoms with Gasteiger partial charge in [-0.25, -0.2) is 9.59 Å². The molecular weight excluding hydrogens is 717 g/mol. The van der Waals surface area contributed by atoms with Crippen molar-refractivity contribution in [2.24, 2.45) is 0 Å². The molecule has 2 aliphatic rings. The number of anilines is 1. The highest BCUT2D eigenvalue weighted by Gasteiger charge is 2.38. The van der Waals surface area contributed by atoms with Crippen LogP contribution in [-0.2, 0) is 41.7 Å². The minimum atomic E-state index is -1.24. The Hall–Kier alpha value is -4.63. The number of alkyl halides is 2. The summed E-state index contributed by atoms with van der Waals surface area (Å²) in [5.74, 6) is -2.65. The Balaban J connectivity index is 1.25. The summed E-state index contributed by atoms with van der Waals surface area (Å²) in [6.45, 7) is 2.82. The minimum absolute atomic E-state index is 0.00364. The predicted octanol–water partition coefficient (Wildman–Crippen LogP) is 1.89. The van der Waals surface area contributed by atoms with Crippen molar-refractivity contribution in [3.05, 3.63) is 59.9 Å². The van der Waals surface area contributed by atoms with Crippen LogP contribution in [0.25, 0.3) is 0 Å². The molecule has 2 saturated heterocycles. The molecule has 3 unspecified atom stereocenters. The van der Waals surface area contributed by atoms with Gasteiger partial charge in [-0.05, 0) is 56.4 Å². The number of benzene rings is 1. The van der Waals surface area contributed by atoms with Crippen LogP contribution < -0.4 is 20.9 Å². The zero-order valence-corrected chi connectivity index (χ0v) is 30.5. The van der Waals surface area contributed by atoms with Gasteiger partial charge in [-0.3, -0.25) is 29.1 Å². The van der Waals surface area contributed by atoms with E-state index in [0.29, 0.717) is 68.2 Å². The summed E-state index contributed by atoms with van der Waals surface area (Å²) in [5, 5.41) is 17.6. The first kappa shape index (κ1) is 40.1. The van der Waals surface area contributed by atoms with Gasteiger partial charge in [0.2, 0.25) is 23.6 Å². The zero-order chi connectivity index (χ0) is 37.6. The number of carbonyl (C=O) groups excluding carboxylic acids is 5. The molecule has 5 amide bonds. The van der Waals surface area contributed by atoms with Crippen LogP contribution >= 0.6 is 23.2 Å². The van der Waals surface area contributed by atoms with Crippen LogP contribution in [0.1, 0.15) is 43.7 Å². The standard InChI is InChI=1S/C35H45Cl2N7O8/c1-23(40-32(47)29-7-4-16-44(29)35(51)52-22-25-5-2-14-38-20-25)31(46)39-21-30(45)43-15-3-6-28(43)33(48)41-27(34(49)50)19-24-8-10-26(11-9-24)42(17-12-36)18-13-37/h2,5,8-11,14,20,23,27-29H,3-4,6-7,12-13,15-19,21-22H2,1H3,(H,39,46)(H,40,47)(H,41,48)(H,49,50)/t23?,27?,28-,29?/m0/s1. The number of ether oxygens (including phenoxy) is 1. The highest BCUT2D eigenvalue weighted by atomic mass is 35.5. The van der Waals surface area contributed by atoms with Gasteiger partial charge in [0, 0.05) is 68.0 Å². The van der Waals surface area contributed by atoms with Crippen LogP contribution in [0.15, 0.2) is 48.8 Å². The van der Waals surface area contributed by atoms with Crippen molar-refractivity contribution in [3.63, 3.8) is 0 Å². The average molecular weight is 763 g/mol. The van der Waals surface area contributed by atoms with Crippen molar-refractivity contribution in [1.29, 1.82) is 0 Å². The van der Waals surface area contributed by atoms with Gasteiger partial charge < -0.3 is 35.6 Å². The van der Waals surface area contributed by atoms with Crippen molar-refractivity contribution < 1.29 is 38.6 Å². The number of carboxylic acids is 1. The first-order chi connectivity index (χ1) is 25.0. The summed E-state index contributed by atoms with van der Waals surface area (Å²) in [6, 6.07) is 6.76. The molecule has 2 aromatic rings. The number of aliphatic carboxylic acids is 1. The third-order valence-electron chi connectivity index (χ3n) is 8.98. The number of pyridine rings is 1.